The molecular formula is C26H30N6O4. The lowest BCUT2D eigenvalue weighted by molar-refractivity contribution is -0.131. The van der Waals surface area contributed by atoms with Crippen LogP contribution in [0.1, 0.15) is 12.1 Å². The standard InChI is InChI=1S/C26H30N6O4/c1-34-21-6-4-20(5-7-21)30-14-16-31(17-15-30)24(33)8-9-29-10-12-32(13-11-29)26-22(19-27)28-25(36-26)23-3-2-18-35-23/h2-7,18H,8-17H2,1H3. The molecule has 1 amide bonds. The van der Waals surface area contributed by atoms with Gasteiger partial charge in [0.1, 0.15) is 11.8 Å². The van der Waals surface area contributed by atoms with Crippen molar-refractivity contribution in [1.29, 1.82) is 5.26 Å². The Bertz CT molecular complexity index is 1180. The van der Waals surface area contributed by atoms with Crippen LogP contribution in [0.15, 0.2) is 51.5 Å². The van der Waals surface area contributed by atoms with Gasteiger partial charge in [-0.3, -0.25) is 9.69 Å². The van der Waals surface area contributed by atoms with Gasteiger partial charge >= 0.3 is 0 Å². The number of aromatic nitrogens is 1. The molecule has 0 radical (unpaired) electrons. The van der Waals surface area contributed by atoms with Crippen LogP contribution in [-0.4, -0.2) is 86.7 Å². The zero-order valence-electron chi connectivity index (χ0n) is 20.4. The number of nitriles is 1. The summed E-state index contributed by atoms with van der Waals surface area (Å²) in [6.07, 6.45) is 2.06. The predicted molar refractivity (Wildman–Crippen MR) is 134 cm³/mol. The Morgan fingerprint density at radius 3 is 2.39 bits per heavy atom. The molecule has 0 N–H and O–H groups in total. The molecule has 2 fully saturated rings. The second-order valence-corrected chi connectivity index (χ2v) is 8.91. The third-order valence-corrected chi connectivity index (χ3v) is 6.82. The number of piperazine rings is 2. The van der Waals surface area contributed by atoms with E-state index in [4.69, 9.17) is 13.6 Å². The highest BCUT2D eigenvalue weighted by Crippen LogP contribution is 2.29. The molecule has 3 aromatic rings. The van der Waals surface area contributed by atoms with E-state index >= 15 is 0 Å². The summed E-state index contributed by atoms with van der Waals surface area (Å²) in [6, 6.07) is 13.7. The molecule has 0 bridgehead atoms. The maximum absolute atomic E-state index is 12.8. The zero-order valence-corrected chi connectivity index (χ0v) is 20.4. The van der Waals surface area contributed by atoms with Crippen LogP contribution in [-0.2, 0) is 4.79 Å². The molecule has 10 nitrogen and oxygen atoms in total. The minimum absolute atomic E-state index is 0.205. The summed E-state index contributed by atoms with van der Waals surface area (Å²) < 4.78 is 16.4. The number of rotatable bonds is 7. The van der Waals surface area contributed by atoms with Crippen LogP contribution in [0.5, 0.6) is 5.75 Å². The average molecular weight is 491 g/mol. The number of hydrogen-bond donors (Lipinski definition) is 0. The number of furan rings is 1. The topological polar surface area (TPSA) is 102 Å². The van der Waals surface area contributed by atoms with Crippen molar-refractivity contribution in [3.05, 3.63) is 48.4 Å². The monoisotopic (exact) mass is 490 g/mol. The van der Waals surface area contributed by atoms with Crippen molar-refractivity contribution in [3.63, 3.8) is 0 Å². The average Bonchev–Trinajstić information content (AvgIpc) is 3.62. The van der Waals surface area contributed by atoms with Crippen molar-refractivity contribution in [1.82, 2.24) is 14.8 Å². The maximum atomic E-state index is 12.8. The minimum atomic E-state index is 0.205. The summed E-state index contributed by atoms with van der Waals surface area (Å²) in [5, 5.41) is 9.49. The largest absolute Gasteiger partial charge is 0.497 e. The fraction of sp³-hybridized carbons (Fsp3) is 0.423. The van der Waals surface area contributed by atoms with Gasteiger partial charge < -0.3 is 28.3 Å². The molecule has 2 saturated heterocycles. The number of benzene rings is 1. The zero-order chi connectivity index (χ0) is 24.9. The first kappa shape index (κ1) is 23.8. The fourth-order valence-electron chi connectivity index (χ4n) is 4.70. The molecule has 36 heavy (non-hydrogen) atoms. The Morgan fingerprint density at radius 2 is 1.75 bits per heavy atom. The van der Waals surface area contributed by atoms with Gasteiger partial charge in [-0.15, -0.1) is 0 Å². The van der Waals surface area contributed by atoms with Gasteiger partial charge in [0, 0.05) is 71.0 Å². The molecule has 188 valence electrons. The van der Waals surface area contributed by atoms with E-state index < -0.39 is 0 Å². The molecular weight excluding hydrogens is 460 g/mol. The van der Waals surface area contributed by atoms with E-state index in [0.717, 1.165) is 57.3 Å². The molecule has 0 saturated carbocycles. The van der Waals surface area contributed by atoms with Gasteiger partial charge in [-0.2, -0.15) is 10.2 Å². The SMILES string of the molecule is COc1ccc(N2CCN(C(=O)CCN3CCN(c4oc(-c5ccco5)nc4C#N)CC3)CC2)cc1. The number of carbonyl (C=O) groups is 1. The number of amides is 1. The highest BCUT2D eigenvalue weighted by Gasteiger charge is 2.26. The van der Waals surface area contributed by atoms with E-state index in [-0.39, 0.29) is 11.6 Å². The lowest BCUT2D eigenvalue weighted by Gasteiger charge is -2.37. The van der Waals surface area contributed by atoms with E-state index in [1.807, 2.05) is 21.9 Å². The molecule has 2 aliphatic heterocycles. The van der Waals surface area contributed by atoms with Gasteiger partial charge in [-0.25, -0.2) is 0 Å². The first-order chi connectivity index (χ1) is 17.6. The molecule has 2 aromatic heterocycles. The maximum Gasteiger partial charge on any atom is 0.266 e. The Hall–Kier alpha value is -3.97. The van der Waals surface area contributed by atoms with Crippen molar-refractivity contribution in [3.8, 4) is 23.5 Å². The Labute approximate surface area is 210 Å². The molecule has 5 rings (SSSR count). The lowest BCUT2D eigenvalue weighted by Crippen LogP contribution is -2.50. The first-order valence-corrected chi connectivity index (χ1v) is 12.2. The Kier molecular flexibility index (Phi) is 7.09. The van der Waals surface area contributed by atoms with Gasteiger partial charge in [0.15, 0.2) is 5.76 Å². The molecule has 1 aromatic carbocycles. The quantitative estimate of drug-likeness (QED) is 0.495. The van der Waals surface area contributed by atoms with Gasteiger partial charge in [-0.05, 0) is 36.4 Å². The molecule has 2 aliphatic rings. The van der Waals surface area contributed by atoms with Gasteiger partial charge in [0.25, 0.3) is 5.89 Å². The van der Waals surface area contributed by atoms with Gasteiger partial charge in [0.2, 0.25) is 17.5 Å². The van der Waals surface area contributed by atoms with Gasteiger partial charge in [-0.1, -0.05) is 0 Å². The van der Waals surface area contributed by atoms with Crippen LogP contribution in [0, 0.1) is 11.3 Å². The number of nitrogens with zero attached hydrogens (tertiary/aromatic N) is 6. The van der Waals surface area contributed by atoms with E-state index in [9.17, 15) is 10.1 Å². The number of carbonyl (C=O) groups excluding carboxylic acids is 1. The first-order valence-electron chi connectivity index (χ1n) is 12.2. The van der Waals surface area contributed by atoms with Crippen molar-refractivity contribution >= 4 is 17.5 Å². The van der Waals surface area contributed by atoms with Crippen molar-refractivity contribution in [2.75, 3.05) is 75.8 Å². The summed E-state index contributed by atoms with van der Waals surface area (Å²) in [5.74, 6) is 2.34. The number of hydrogen-bond acceptors (Lipinski definition) is 9. The summed E-state index contributed by atoms with van der Waals surface area (Å²) >= 11 is 0. The lowest BCUT2D eigenvalue weighted by atomic mass is 10.2. The van der Waals surface area contributed by atoms with E-state index in [1.165, 1.54) is 0 Å². The number of anilines is 2. The minimum Gasteiger partial charge on any atom is -0.497 e. The van der Waals surface area contributed by atoms with E-state index in [0.29, 0.717) is 37.0 Å². The summed E-state index contributed by atoms with van der Waals surface area (Å²) in [6.45, 7) is 6.85. The summed E-state index contributed by atoms with van der Waals surface area (Å²) in [4.78, 5) is 25.7. The van der Waals surface area contributed by atoms with Crippen molar-refractivity contribution in [2.45, 2.75) is 6.42 Å². The molecule has 0 atom stereocenters. The molecule has 0 unspecified atom stereocenters. The summed E-state index contributed by atoms with van der Waals surface area (Å²) in [5.41, 5.74) is 1.42. The Balaban J connectivity index is 1.07. The second kappa shape index (κ2) is 10.7. The smallest absolute Gasteiger partial charge is 0.266 e. The predicted octanol–water partition coefficient (Wildman–Crippen LogP) is 2.68. The third kappa shape index (κ3) is 5.16. The Morgan fingerprint density at radius 1 is 1.03 bits per heavy atom. The van der Waals surface area contributed by atoms with E-state index in [1.54, 1.807) is 25.5 Å². The molecule has 10 heteroatoms. The normalized spacial score (nSPS) is 16.7. The number of methoxy groups -OCH3 is 1. The van der Waals surface area contributed by atoms with Crippen LogP contribution in [0.2, 0.25) is 0 Å². The van der Waals surface area contributed by atoms with Crippen molar-refractivity contribution < 1.29 is 18.4 Å². The number of oxazole rings is 1. The van der Waals surface area contributed by atoms with Crippen LogP contribution < -0.4 is 14.5 Å². The second-order valence-electron chi connectivity index (χ2n) is 8.91. The molecule has 4 heterocycles. The van der Waals surface area contributed by atoms with Crippen molar-refractivity contribution in [2.24, 2.45) is 0 Å². The summed E-state index contributed by atoms with van der Waals surface area (Å²) in [7, 11) is 1.67. The van der Waals surface area contributed by atoms with Crippen LogP contribution in [0.3, 0.4) is 0 Å². The van der Waals surface area contributed by atoms with E-state index in [2.05, 4.69) is 33.0 Å². The fourth-order valence-corrected chi connectivity index (χ4v) is 4.70. The number of ether oxygens (including phenoxy) is 1. The van der Waals surface area contributed by atoms with Crippen LogP contribution in [0.25, 0.3) is 11.7 Å². The third-order valence-electron chi connectivity index (χ3n) is 6.82. The van der Waals surface area contributed by atoms with Gasteiger partial charge in [0.05, 0.1) is 13.4 Å². The van der Waals surface area contributed by atoms with Crippen LogP contribution >= 0.6 is 0 Å². The molecule has 0 spiro atoms. The molecule has 0 aliphatic carbocycles. The highest BCUT2D eigenvalue weighted by molar-refractivity contribution is 5.76. The highest BCUT2D eigenvalue weighted by atomic mass is 16.5. The van der Waals surface area contributed by atoms with Crippen LogP contribution in [0.4, 0.5) is 11.6 Å².